The van der Waals surface area contributed by atoms with Crippen LogP contribution < -0.4 is 21.3 Å². The minimum absolute atomic E-state index is 0.00502. The van der Waals surface area contributed by atoms with Crippen LogP contribution in [0.1, 0.15) is 88.8 Å². The van der Waals surface area contributed by atoms with Crippen LogP contribution in [0.2, 0.25) is 0 Å². The number of carbonyl (C=O) groups excluding carboxylic acids is 5. The highest BCUT2D eigenvalue weighted by Gasteiger charge is 2.32. The number of H-pyrrole nitrogens is 1. The highest BCUT2D eigenvalue weighted by molar-refractivity contribution is 6.06. The van der Waals surface area contributed by atoms with E-state index >= 15 is 0 Å². The molecule has 0 aliphatic rings. The number of aliphatic hydroxyl groups excluding tert-OH is 1. The number of hydrogen-bond donors (Lipinski definition) is 6. The van der Waals surface area contributed by atoms with Gasteiger partial charge in [-0.3, -0.25) is 29.3 Å². The lowest BCUT2D eigenvalue weighted by molar-refractivity contribution is -0.132. The SMILES string of the molecule is CC(C)CC=CC(Cc1ccccc1)C(=O)N[C@@H](Cc1c[nH]cn1)C(=O)N[C@@H](CC(C)C)[C@@H](O)CC(=O)N[C@@H](CC(C)C)C(=O)NC(=O)c1ccccc1. The molecule has 12 nitrogen and oxygen atoms in total. The Labute approximate surface area is 319 Å². The molecule has 1 aromatic heterocycles. The minimum atomic E-state index is -1.32. The molecule has 0 bridgehead atoms. The fraction of sp³-hybridized carbons (Fsp3) is 0.476. The lowest BCUT2D eigenvalue weighted by Crippen LogP contribution is -2.55. The first-order chi connectivity index (χ1) is 25.7. The maximum absolute atomic E-state index is 14.0. The number of nitrogens with one attached hydrogen (secondary N) is 5. The molecule has 0 spiro atoms. The third-order valence-corrected chi connectivity index (χ3v) is 8.76. The summed E-state index contributed by atoms with van der Waals surface area (Å²) in [5.74, 6) is -2.81. The normalized spacial score (nSPS) is 14.3. The lowest BCUT2D eigenvalue weighted by Gasteiger charge is -2.29. The molecule has 54 heavy (non-hydrogen) atoms. The third kappa shape index (κ3) is 15.5. The molecule has 1 heterocycles. The maximum Gasteiger partial charge on any atom is 0.257 e. The van der Waals surface area contributed by atoms with E-state index in [2.05, 4.69) is 45.1 Å². The van der Waals surface area contributed by atoms with Crippen molar-refractivity contribution in [2.75, 3.05) is 0 Å². The second kappa shape index (κ2) is 22.2. The number of carbonyl (C=O) groups is 5. The first-order valence-electron chi connectivity index (χ1n) is 18.9. The van der Waals surface area contributed by atoms with Gasteiger partial charge in [0.25, 0.3) is 5.91 Å². The monoisotopic (exact) mass is 742 g/mol. The van der Waals surface area contributed by atoms with Crippen molar-refractivity contribution < 1.29 is 29.1 Å². The molecule has 5 atom stereocenters. The van der Waals surface area contributed by atoms with E-state index in [4.69, 9.17) is 0 Å². The highest BCUT2D eigenvalue weighted by Crippen LogP contribution is 2.16. The van der Waals surface area contributed by atoms with Crippen molar-refractivity contribution >= 4 is 29.5 Å². The molecule has 1 unspecified atom stereocenters. The van der Waals surface area contributed by atoms with Gasteiger partial charge in [0.2, 0.25) is 23.6 Å². The van der Waals surface area contributed by atoms with Gasteiger partial charge in [-0.1, -0.05) is 102 Å². The Morgan fingerprint density at radius 1 is 0.741 bits per heavy atom. The van der Waals surface area contributed by atoms with Crippen molar-refractivity contribution in [2.45, 2.75) is 104 Å². The number of benzene rings is 2. The van der Waals surface area contributed by atoms with E-state index in [9.17, 15) is 29.1 Å². The first kappa shape index (κ1) is 43.3. The van der Waals surface area contributed by atoms with Gasteiger partial charge in [0.05, 0.1) is 36.5 Å². The number of aromatic amines is 1. The molecule has 0 fully saturated rings. The van der Waals surface area contributed by atoms with E-state index in [1.54, 1.807) is 36.5 Å². The van der Waals surface area contributed by atoms with Gasteiger partial charge in [-0.25, -0.2) is 4.98 Å². The molecule has 5 amide bonds. The number of aromatic nitrogens is 2. The molecular formula is C42H58N6O6. The fourth-order valence-corrected chi connectivity index (χ4v) is 5.98. The zero-order valence-electron chi connectivity index (χ0n) is 32.4. The third-order valence-electron chi connectivity index (χ3n) is 8.76. The average molecular weight is 743 g/mol. The van der Waals surface area contributed by atoms with Gasteiger partial charge in [0.15, 0.2) is 0 Å². The first-order valence-corrected chi connectivity index (χ1v) is 18.9. The Hall–Kier alpha value is -5.10. The van der Waals surface area contributed by atoms with Crippen LogP contribution in [0.25, 0.3) is 0 Å². The predicted molar refractivity (Wildman–Crippen MR) is 209 cm³/mol. The van der Waals surface area contributed by atoms with Crippen molar-refractivity contribution in [1.82, 2.24) is 31.2 Å². The summed E-state index contributed by atoms with van der Waals surface area (Å²) in [4.78, 5) is 74.1. The van der Waals surface area contributed by atoms with Crippen LogP contribution in [0, 0.1) is 23.7 Å². The number of imidazole rings is 1. The summed E-state index contributed by atoms with van der Waals surface area (Å²) in [5, 5.41) is 22.3. The van der Waals surface area contributed by atoms with Gasteiger partial charge in [-0.2, -0.15) is 0 Å². The second-order valence-corrected chi connectivity index (χ2v) is 15.1. The second-order valence-electron chi connectivity index (χ2n) is 15.1. The van der Waals surface area contributed by atoms with Crippen molar-refractivity contribution in [3.63, 3.8) is 0 Å². The summed E-state index contributed by atoms with van der Waals surface area (Å²) in [6, 6.07) is 15.0. The van der Waals surface area contributed by atoms with Gasteiger partial charge < -0.3 is 26.0 Å². The quantitative estimate of drug-likeness (QED) is 0.0858. The summed E-state index contributed by atoms with van der Waals surface area (Å²) in [6.07, 6.45) is 7.22. The van der Waals surface area contributed by atoms with Crippen LogP contribution in [-0.2, 0) is 32.0 Å². The molecule has 6 N–H and O–H groups in total. The van der Waals surface area contributed by atoms with Crippen molar-refractivity contribution in [3.8, 4) is 0 Å². The van der Waals surface area contributed by atoms with Crippen LogP contribution in [0.3, 0.4) is 0 Å². The number of aliphatic hydroxyl groups is 1. The number of hydrogen-bond acceptors (Lipinski definition) is 7. The largest absolute Gasteiger partial charge is 0.390 e. The van der Waals surface area contributed by atoms with Crippen LogP contribution in [-0.4, -0.2) is 68.8 Å². The number of allylic oxidation sites excluding steroid dienone is 1. The molecule has 0 aliphatic heterocycles. The van der Waals surface area contributed by atoms with Gasteiger partial charge in [-0.05, 0) is 61.1 Å². The average Bonchev–Trinajstić information content (AvgIpc) is 3.63. The van der Waals surface area contributed by atoms with E-state index in [-0.39, 0.29) is 30.6 Å². The molecule has 0 saturated heterocycles. The summed E-state index contributed by atoms with van der Waals surface area (Å²) >= 11 is 0. The van der Waals surface area contributed by atoms with E-state index < -0.39 is 60.2 Å². The van der Waals surface area contributed by atoms with E-state index in [0.717, 1.165) is 12.0 Å². The molecule has 0 saturated carbocycles. The Morgan fingerprint density at radius 3 is 1.98 bits per heavy atom. The fourth-order valence-electron chi connectivity index (χ4n) is 5.98. The molecule has 3 rings (SSSR count). The number of amides is 5. The molecule has 3 aromatic rings. The summed E-state index contributed by atoms with van der Waals surface area (Å²) in [6.45, 7) is 11.8. The standard InChI is InChI=1S/C42H58N6O6/c1-27(2)14-13-19-32(22-30-15-9-7-10-16-30)40(52)47-36(23-33-25-43-26-44-33)41(53)46-34(20-28(3)4)37(49)24-38(50)45-35(21-29(5)6)42(54)48-39(51)31-17-11-8-12-18-31/h7-13,15-19,25-29,32,34-37,49H,14,20-24H2,1-6H3,(H,43,44)(H,45,50)(H,46,53)(H,47,52)(H,48,51,54)/t32?,34-,35-,36-,37-/m0/s1. The Bertz CT molecular complexity index is 1640. The zero-order chi connectivity index (χ0) is 39.6. The molecule has 0 aliphatic carbocycles. The van der Waals surface area contributed by atoms with E-state index in [0.29, 0.717) is 30.0 Å². The maximum atomic E-state index is 14.0. The summed E-state index contributed by atoms with van der Waals surface area (Å²) in [5.41, 5.74) is 1.85. The summed E-state index contributed by atoms with van der Waals surface area (Å²) in [7, 11) is 0. The smallest absolute Gasteiger partial charge is 0.257 e. The van der Waals surface area contributed by atoms with E-state index in [1.807, 2.05) is 70.2 Å². The van der Waals surface area contributed by atoms with Crippen molar-refractivity contribution in [3.05, 3.63) is 102 Å². The van der Waals surface area contributed by atoms with Crippen LogP contribution >= 0.6 is 0 Å². The van der Waals surface area contributed by atoms with Crippen molar-refractivity contribution in [2.24, 2.45) is 23.7 Å². The molecular weight excluding hydrogens is 684 g/mol. The topological polar surface area (TPSA) is 182 Å². The summed E-state index contributed by atoms with van der Waals surface area (Å²) < 4.78 is 0. The van der Waals surface area contributed by atoms with Crippen molar-refractivity contribution in [1.29, 1.82) is 0 Å². The minimum Gasteiger partial charge on any atom is -0.390 e. The Balaban J connectivity index is 1.75. The highest BCUT2D eigenvalue weighted by atomic mass is 16.3. The predicted octanol–water partition coefficient (Wildman–Crippen LogP) is 4.67. The lowest BCUT2D eigenvalue weighted by atomic mass is 9.95. The number of nitrogens with zero attached hydrogens (tertiary/aromatic N) is 1. The zero-order valence-corrected chi connectivity index (χ0v) is 32.4. The molecule has 292 valence electrons. The van der Waals surface area contributed by atoms with Crippen LogP contribution in [0.15, 0.2) is 85.3 Å². The molecule has 0 radical (unpaired) electrons. The number of imide groups is 1. The molecule has 12 heteroatoms. The van der Waals surface area contributed by atoms with Gasteiger partial charge in [-0.15, -0.1) is 0 Å². The Kier molecular flexibility index (Phi) is 17.8. The molecule has 2 aromatic carbocycles. The van der Waals surface area contributed by atoms with Gasteiger partial charge >= 0.3 is 0 Å². The Morgan fingerprint density at radius 2 is 1.39 bits per heavy atom. The van der Waals surface area contributed by atoms with E-state index in [1.165, 1.54) is 6.33 Å². The van der Waals surface area contributed by atoms with Gasteiger partial charge in [0, 0.05) is 18.2 Å². The van der Waals surface area contributed by atoms with Crippen LogP contribution in [0.5, 0.6) is 0 Å². The van der Waals surface area contributed by atoms with Gasteiger partial charge in [0.1, 0.15) is 12.1 Å². The van der Waals surface area contributed by atoms with Crippen LogP contribution in [0.4, 0.5) is 0 Å². The number of rotatable bonds is 21.